The van der Waals surface area contributed by atoms with Gasteiger partial charge in [-0.15, -0.1) is 11.3 Å². The Labute approximate surface area is 129 Å². The topological polar surface area (TPSA) is 104 Å². The van der Waals surface area contributed by atoms with E-state index < -0.39 is 11.5 Å². The van der Waals surface area contributed by atoms with Crippen LogP contribution in [-0.4, -0.2) is 27.8 Å². The van der Waals surface area contributed by atoms with Crippen molar-refractivity contribution in [2.75, 3.05) is 5.32 Å². The minimum Gasteiger partial charge on any atom is -0.353 e. The van der Waals surface area contributed by atoms with Crippen molar-refractivity contribution in [2.24, 2.45) is 0 Å². The van der Waals surface area contributed by atoms with Crippen molar-refractivity contribution in [1.82, 2.24) is 15.3 Å². The molecule has 1 aliphatic rings. The van der Waals surface area contributed by atoms with Gasteiger partial charge in [-0.3, -0.25) is 19.7 Å². The highest BCUT2D eigenvalue weighted by atomic mass is 32.1. The number of hydrogen-bond acceptors (Lipinski definition) is 5. The molecule has 1 aliphatic carbocycles. The SMILES string of the molecule is O=C(Cc1csc(NC(=O)c2ccc[nH]c2=O)n1)NC1CC1. The molecule has 8 heteroatoms. The highest BCUT2D eigenvalue weighted by Gasteiger charge is 2.23. The van der Waals surface area contributed by atoms with Gasteiger partial charge in [0.25, 0.3) is 11.5 Å². The van der Waals surface area contributed by atoms with Crippen LogP contribution in [0.25, 0.3) is 0 Å². The summed E-state index contributed by atoms with van der Waals surface area (Å²) >= 11 is 1.22. The molecule has 0 unspecified atom stereocenters. The summed E-state index contributed by atoms with van der Waals surface area (Å²) in [4.78, 5) is 41.8. The van der Waals surface area contributed by atoms with Crippen LogP contribution < -0.4 is 16.2 Å². The van der Waals surface area contributed by atoms with E-state index in [0.29, 0.717) is 16.9 Å². The van der Waals surface area contributed by atoms with Gasteiger partial charge in [-0.1, -0.05) is 0 Å². The first-order valence-corrected chi connectivity index (χ1v) is 7.72. The predicted molar refractivity (Wildman–Crippen MR) is 82.0 cm³/mol. The van der Waals surface area contributed by atoms with Crippen molar-refractivity contribution < 1.29 is 9.59 Å². The first-order chi connectivity index (χ1) is 10.6. The lowest BCUT2D eigenvalue weighted by Gasteiger charge is -2.01. The van der Waals surface area contributed by atoms with Gasteiger partial charge >= 0.3 is 0 Å². The molecule has 0 aromatic carbocycles. The van der Waals surface area contributed by atoms with E-state index in [1.165, 1.54) is 23.6 Å². The van der Waals surface area contributed by atoms with Gasteiger partial charge in [0.05, 0.1) is 12.1 Å². The summed E-state index contributed by atoms with van der Waals surface area (Å²) in [5, 5.41) is 7.52. The summed E-state index contributed by atoms with van der Waals surface area (Å²) in [7, 11) is 0. The summed E-state index contributed by atoms with van der Waals surface area (Å²) in [6.07, 6.45) is 3.72. The molecule has 114 valence electrons. The summed E-state index contributed by atoms with van der Waals surface area (Å²) in [6.45, 7) is 0. The minimum absolute atomic E-state index is 0.0192. The Bertz CT molecular complexity index is 763. The fourth-order valence-corrected chi connectivity index (χ4v) is 2.59. The molecule has 22 heavy (non-hydrogen) atoms. The fraction of sp³-hybridized carbons (Fsp3) is 0.286. The van der Waals surface area contributed by atoms with Crippen LogP contribution in [0.5, 0.6) is 0 Å². The van der Waals surface area contributed by atoms with Gasteiger partial charge in [-0.05, 0) is 25.0 Å². The van der Waals surface area contributed by atoms with Gasteiger partial charge in [-0.2, -0.15) is 0 Å². The first-order valence-electron chi connectivity index (χ1n) is 6.84. The van der Waals surface area contributed by atoms with E-state index in [1.54, 1.807) is 11.4 Å². The molecular weight excluding hydrogens is 304 g/mol. The molecule has 1 saturated carbocycles. The maximum Gasteiger partial charge on any atom is 0.263 e. The molecule has 0 spiro atoms. The van der Waals surface area contributed by atoms with Gasteiger partial charge in [0.15, 0.2) is 5.13 Å². The van der Waals surface area contributed by atoms with E-state index in [-0.39, 0.29) is 17.9 Å². The van der Waals surface area contributed by atoms with Gasteiger partial charge in [0, 0.05) is 17.6 Å². The van der Waals surface area contributed by atoms with Gasteiger partial charge < -0.3 is 10.3 Å². The highest BCUT2D eigenvalue weighted by Crippen LogP contribution is 2.20. The van der Waals surface area contributed by atoms with Crippen LogP contribution in [0.4, 0.5) is 5.13 Å². The number of rotatable bonds is 5. The van der Waals surface area contributed by atoms with E-state index in [4.69, 9.17) is 0 Å². The molecule has 2 aromatic rings. The maximum atomic E-state index is 12.0. The van der Waals surface area contributed by atoms with E-state index in [1.807, 2.05) is 0 Å². The number of H-pyrrole nitrogens is 1. The zero-order chi connectivity index (χ0) is 15.5. The molecular formula is C14H14N4O3S. The van der Waals surface area contributed by atoms with Gasteiger partial charge in [0.2, 0.25) is 5.91 Å². The average Bonchev–Trinajstić information content (AvgIpc) is 3.18. The maximum absolute atomic E-state index is 12.0. The van der Waals surface area contributed by atoms with Crippen molar-refractivity contribution in [3.8, 4) is 0 Å². The van der Waals surface area contributed by atoms with Crippen LogP contribution in [-0.2, 0) is 11.2 Å². The summed E-state index contributed by atoms with van der Waals surface area (Å²) in [6, 6.07) is 3.33. The molecule has 0 radical (unpaired) electrons. The lowest BCUT2D eigenvalue weighted by Crippen LogP contribution is -2.27. The highest BCUT2D eigenvalue weighted by molar-refractivity contribution is 7.14. The Morgan fingerprint density at radius 2 is 2.23 bits per heavy atom. The van der Waals surface area contributed by atoms with Crippen LogP contribution in [0.15, 0.2) is 28.5 Å². The first kappa shape index (κ1) is 14.5. The number of aromatic nitrogens is 2. The van der Waals surface area contributed by atoms with Gasteiger partial charge in [0.1, 0.15) is 5.56 Å². The fourth-order valence-electron chi connectivity index (χ4n) is 1.88. The second kappa shape index (κ2) is 6.10. The Morgan fingerprint density at radius 3 is 2.95 bits per heavy atom. The molecule has 1 fully saturated rings. The molecule has 2 aromatic heterocycles. The number of pyridine rings is 1. The average molecular weight is 318 g/mol. The number of anilines is 1. The molecule has 2 amide bonds. The van der Waals surface area contributed by atoms with E-state index >= 15 is 0 Å². The number of nitrogens with one attached hydrogen (secondary N) is 3. The van der Waals surface area contributed by atoms with Gasteiger partial charge in [-0.25, -0.2) is 4.98 Å². The quantitative estimate of drug-likeness (QED) is 0.762. The monoisotopic (exact) mass is 318 g/mol. The second-order valence-electron chi connectivity index (χ2n) is 5.03. The summed E-state index contributed by atoms with van der Waals surface area (Å²) < 4.78 is 0. The van der Waals surface area contributed by atoms with Crippen LogP contribution in [0.1, 0.15) is 28.9 Å². The Hall–Kier alpha value is -2.48. The Morgan fingerprint density at radius 1 is 1.41 bits per heavy atom. The number of aromatic amines is 1. The van der Waals surface area contributed by atoms with E-state index in [2.05, 4.69) is 20.6 Å². The number of carbonyl (C=O) groups is 2. The zero-order valence-corrected chi connectivity index (χ0v) is 12.4. The number of hydrogen-bond donors (Lipinski definition) is 3. The predicted octanol–water partition coefficient (Wildman–Crippen LogP) is 0.905. The molecule has 0 bridgehead atoms. The van der Waals surface area contributed by atoms with Crippen LogP contribution in [0, 0.1) is 0 Å². The third-order valence-electron chi connectivity index (χ3n) is 3.12. The Balaban J connectivity index is 1.61. The van der Waals surface area contributed by atoms with Crippen molar-refractivity contribution in [3.63, 3.8) is 0 Å². The number of carbonyl (C=O) groups excluding carboxylic acids is 2. The molecule has 3 rings (SSSR count). The third kappa shape index (κ3) is 3.59. The van der Waals surface area contributed by atoms with Crippen molar-refractivity contribution in [1.29, 1.82) is 0 Å². The molecule has 3 N–H and O–H groups in total. The number of thiazole rings is 1. The van der Waals surface area contributed by atoms with E-state index in [0.717, 1.165) is 12.8 Å². The summed E-state index contributed by atoms with van der Waals surface area (Å²) in [5.74, 6) is -0.588. The lowest BCUT2D eigenvalue weighted by atomic mass is 10.2. The second-order valence-corrected chi connectivity index (χ2v) is 5.89. The van der Waals surface area contributed by atoms with Crippen molar-refractivity contribution in [3.05, 3.63) is 45.3 Å². The molecule has 2 heterocycles. The van der Waals surface area contributed by atoms with Crippen molar-refractivity contribution in [2.45, 2.75) is 25.3 Å². The molecule has 0 aliphatic heterocycles. The smallest absolute Gasteiger partial charge is 0.263 e. The molecule has 0 atom stereocenters. The van der Waals surface area contributed by atoms with Crippen LogP contribution in [0.3, 0.4) is 0 Å². The zero-order valence-electron chi connectivity index (χ0n) is 11.6. The van der Waals surface area contributed by atoms with E-state index in [9.17, 15) is 14.4 Å². The van der Waals surface area contributed by atoms with Crippen molar-refractivity contribution >= 4 is 28.3 Å². The lowest BCUT2D eigenvalue weighted by molar-refractivity contribution is -0.120. The largest absolute Gasteiger partial charge is 0.353 e. The van der Waals surface area contributed by atoms with Crippen LogP contribution >= 0.6 is 11.3 Å². The standard InChI is InChI=1S/C14H14N4O3S/c19-11(16-8-3-4-8)6-9-7-22-14(17-9)18-13(21)10-2-1-5-15-12(10)20/h1-2,5,7-8H,3-4,6H2,(H,15,20)(H,16,19)(H,17,18,21). The Kier molecular flexibility index (Phi) is 4.01. The van der Waals surface area contributed by atoms with Crippen LogP contribution in [0.2, 0.25) is 0 Å². The number of nitrogens with zero attached hydrogens (tertiary/aromatic N) is 1. The molecule has 0 saturated heterocycles. The minimum atomic E-state index is -0.523. The number of amides is 2. The summed E-state index contributed by atoms with van der Waals surface area (Å²) in [5.41, 5.74) is 0.159. The molecule has 7 nitrogen and oxygen atoms in total. The third-order valence-corrected chi connectivity index (χ3v) is 3.93. The normalized spacial score (nSPS) is 13.6.